The molecule has 1 fully saturated rings. The van der Waals surface area contributed by atoms with Crippen LogP contribution in [0.3, 0.4) is 0 Å². The van der Waals surface area contributed by atoms with Crippen LogP contribution in [0.1, 0.15) is 32.3 Å². The van der Waals surface area contributed by atoms with Gasteiger partial charge in [-0.3, -0.25) is 15.0 Å². The second-order valence-electron chi connectivity index (χ2n) is 7.43. The van der Waals surface area contributed by atoms with Crippen LogP contribution >= 0.6 is 12.4 Å². The first kappa shape index (κ1) is 24.1. The Kier molecular flexibility index (Phi) is 8.32. The van der Waals surface area contributed by atoms with Crippen molar-refractivity contribution in [1.82, 2.24) is 15.3 Å². The molecule has 3 rings (SSSR count). The molecule has 31 heavy (non-hydrogen) atoms. The van der Waals surface area contributed by atoms with Gasteiger partial charge in [-0.25, -0.2) is 9.97 Å². The first-order chi connectivity index (χ1) is 14.3. The Morgan fingerprint density at radius 2 is 1.90 bits per heavy atom. The van der Waals surface area contributed by atoms with Crippen molar-refractivity contribution in [3.63, 3.8) is 0 Å². The maximum absolute atomic E-state index is 12.1. The lowest BCUT2D eigenvalue weighted by Gasteiger charge is -2.12. The lowest BCUT2D eigenvalue weighted by Crippen LogP contribution is -2.31. The molecule has 4 N–H and O–H groups in total. The molecule has 0 radical (unpaired) electrons. The number of carbonyl (C=O) groups is 2. The van der Waals surface area contributed by atoms with Gasteiger partial charge in [0.05, 0.1) is 30.0 Å². The van der Waals surface area contributed by atoms with E-state index in [1.807, 2.05) is 12.1 Å². The minimum absolute atomic E-state index is 0. The number of rotatable bonds is 8. The first-order valence-electron chi connectivity index (χ1n) is 9.71. The summed E-state index contributed by atoms with van der Waals surface area (Å²) in [4.78, 5) is 32.3. The van der Waals surface area contributed by atoms with Crippen LogP contribution in [0.15, 0.2) is 36.7 Å². The van der Waals surface area contributed by atoms with E-state index in [1.165, 1.54) is 12.4 Å². The first-order valence-corrected chi connectivity index (χ1v) is 9.71. The Labute approximate surface area is 186 Å². The Morgan fingerprint density at radius 3 is 2.48 bits per heavy atom. The van der Waals surface area contributed by atoms with Crippen molar-refractivity contribution < 1.29 is 19.1 Å². The molecule has 1 aromatic heterocycles. The van der Waals surface area contributed by atoms with E-state index in [-0.39, 0.29) is 54.6 Å². The Balaban J connectivity index is 0.00000341. The molecule has 0 saturated carbocycles. The van der Waals surface area contributed by atoms with Gasteiger partial charge in [0.1, 0.15) is 18.2 Å². The summed E-state index contributed by atoms with van der Waals surface area (Å²) in [6.07, 6.45) is 3.43. The van der Waals surface area contributed by atoms with E-state index < -0.39 is 0 Å². The van der Waals surface area contributed by atoms with Crippen LogP contribution in [0.25, 0.3) is 11.4 Å². The highest BCUT2D eigenvalue weighted by atomic mass is 35.5. The van der Waals surface area contributed by atoms with Crippen molar-refractivity contribution in [2.75, 3.05) is 6.61 Å². The Morgan fingerprint density at radius 1 is 1.26 bits per heavy atom. The number of carbonyl (C=O) groups excluding carboxylic acids is 2. The fourth-order valence-electron chi connectivity index (χ4n) is 3.14. The summed E-state index contributed by atoms with van der Waals surface area (Å²) in [6.45, 7) is 3.87. The fraction of sp³-hybridized carbons (Fsp3) is 0.381. The second kappa shape index (κ2) is 10.7. The summed E-state index contributed by atoms with van der Waals surface area (Å²) in [7, 11) is 0. The van der Waals surface area contributed by atoms with Crippen LogP contribution < -0.4 is 15.8 Å². The summed E-state index contributed by atoms with van der Waals surface area (Å²) in [6, 6.07) is 7.10. The highest BCUT2D eigenvalue weighted by Gasteiger charge is 2.34. The number of ether oxygens (including phenoxy) is 2. The SMILES string of the molecule is CC(C)OC(=O)C[C@@H]1C[C@@H](COc2ccc(-c3ncc(C(=N)N)cn3)cc2)NC1=O.Cl. The van der Waals surface area contributed by atoms with Crippen LogP contribution in [0.4, 0.5) is 0 Å². The summed E-state index contributed by atoms with van der Waals surface area (Å²) in [5, 5.41) is 10.2. The van der Waals surface area contributed by atoms with Crippen molar-refractivity contribution in [2.45, 2.75) is 38.8 Å². The van der Waals surface area contributed by atoms with Gasteiger partial charge >= 0.3 is 5.97 Å². The zero-order valence-electron chi connectivity index (χ0n) is 17.3. The molecule has 0 aliphatic carbocycles. The molecule has 0 bridgehead atoms. The van der Waals surface area contributed by atoms with Gasteiger partial charge in [-0.2, -0.15) is 0 Å². The molecule has 2 atom stereocenters. The average Bonchev–Trinajstić information content (AvgIpc) is 3.05. The van der Waals surface area contributed by atoms with E-state index >= 15 is 0 Å². The lowest BCUT2D eigenvalue weighted by atomic mass is 10.0. The van der Waals surface area contributed by atoms with Crippen LogP contribution in [-0.4, -0.2) is 46.4 Å². The number of amides is 1. The number of halogens is 1. The molecule has 1 aliphatic heterocycles. The Bertz CT molecular complexity index is 918. The lowest BCUT2D eigenvalue weighted by molar-refractivity contribution is -0.149. The van der Waals surface area contributed by atoms with Gasteiger partial charge in [0.2, 0.25) is 5.91 Å². The van der Waals surface area contributed by atoms with Gasteiger partial charge in [-0.05, 0) is 44.5 Å². The van der Waals surface area contributed by atoms with Gasteiger partial charge < -0.3 is 20.5 Å². The summed E-state index contributed by atoms with van der Waals surface area (Å²) < 4.78 is 10.9. The number of nitrogen functional groups attached to an aromatic ring is 1. The maximum Gasteiger partial charge on any atom is 0.306 e. The average molecular weight is 448 g/mol. The van der Waals surface area contributed by atoms with Gasteiger partial charge in [0.25, 0.3) is 0 Å². The predicted molar refractivity (Wildman–Crippen MR) is 117 cm³/mol. The molecular formula is C21H26ClN5O4. The molecule has 1 aromatic carbocycles. The number of hydrogen-bond acceptors (Lipinski definition) is 7. The minimum atomic E-state index is -0.387. The van der Waals surface area contributed by atoms with Gasteiger partial charge in [0.15, 0.2) is 5.82 Å². The third kappa shape index (κ3) is 6.65. The zero-order chi connectivity index (χ0) is 21.7. The summed E-state index contributed by atoms with van der Waals surface area (Å²) >= 11 is 0. The molecule has 166 valence electrons. The number of aromatic nitrogens is 2. The van der Waals surface area contributed by atoms with E-state index in [1.54, 1.807) is 26.0 Å². The molecule has 1 aliphatic rings. The molecule has 0 spiro atoms. The number of nitrogens with zero attached hydrogens (tertiary/aromatic N) is 2. The smallest absolute Gasteiger partial charge is 0.306 e. The number of esters is 1. The van der Waals surface area contributed by atoms with E-state index in [0.29, 0.717) is 30.2 Å². The molecule has 2 aromatic rings. The zero-order valence-corrected chi connectivity index (χ0v) is 18.1. The molecule has 1 amide bonds. The standard InChI is InChI=1S/C21H25N5O4.ClH/c1-12(2)30-18(27)8-14-7-16(26-21(14)28)11-29-17-5-3-13(4-6-17)20-24-9-15(10-25-20)19(22)23;/h3-6,9-10,12,14,16H,7-8,11H2,1-2H3,(H3,22,23)(H,26,28);1H/t14-,16-;/m0./s1. The number of nitrogens with two attached hydrogens (primary N) is 1. The molecule has 10 heteroatoms. The monoisotopic (exact) mass is 447 g/mol. The van der Waals surface area contributed by atoms with Crippen LogP contribution in [-0.2, 0) is 14.3 Å². The summed E-state index contributed by atoms with van der Waals surface area (Å²) in [5.74, 6) is 0.194. The normalized spacial score (nSPS) is 17.6. The second-order valence-corrected chi connectivity index (χ2v) is 7.43. The van der Waals surface area contributed by atoms with E-state index in [2.05, 4.69) is 15.3 Å². The third-order valence-corrected chi connectivity index (χ3v) is 4.59. The van der Waals surface area contributed by atoms with Crippen LogP contribution in [0.5, 0.6) is 5.75 Å². The van der Waals surface area contributed by atoms with E-state index in [0.717, 1.165) is 5.56 Å². The topological polar surface area (TPSA) is 140 Å². The number of nitrogens with one attached hydrogen (secondary N) is 2. The fourth-order valence-corrected chi connectivity index (χ4v) is 3.14. The molecule has 0 unspecified atom stereocenters. The van der Waals surface area contributed by atoms with E-state index in [4.69, 9.17) is 20.6 Å². The van der Waals surface area contributed by atoms with Crippen molar-refractivity contribution in [1.29, 1.82) is 5.41 Å². The largest absolute Gasteiger partial charge is 0.491 e. The highest BCUT2D eigenvalue weighted by Crippen LogP contribution is 2.23. The van der Waals surface area contributed by atoms with Crippen LogP contribution in [0.2, 0.25) is 0 Å². The predicted octanol–water partition coefficient (Wildman–Crippen LogP) is 2.07. The minimum Gasteiger partial charge on any atom is -0.491 e. The van der Waals surface area contributed by atoms with Gasteiger partial charge in [-0.1, -0.05) is 0 Å². The summed E-state index contributed by atoms with van der Waals surface area (Å²) in [5.41, 5.74) is 6.67. The van der Waals surface area contributed by atoms with E-state index in [9.17, 15) is 9.59 Å². The number of benzene rings is 1. The van der Waals surface area contributed by atoms with Crippen molar-refractivity contribution in [2.24, 2.45) is 11.7 Å². The molecular weight excluding hydrogens is 422 g/mol. The van der Waals surface area contributed by atoms with Gasteiger partial charge in [0, 0.05) is 18.0 Å². The molecule has 1 saturated heterocycles. The van der Waals surface area contributed by atoms with Crippen molar-refractivity contribution >= 4 is 30.1 Å². The van der Waals surface area contributed by atoms with Crippen molar-refractivity contribution in [3.8, 4) is 17.1 Å². The van der Waals surface area contributed by atoms with Crippen molar-refractivity contribution in [3.05, 3.63) is 42.2 Å². The van der Waals surface area contributed by atoms with Gasteiger partial charge in [-0.15, -0.1) is 12.4 Å². The third-order valence-electron chi connectivity index (χ3n) is 4.59. The number of hydrogen-bond donors (Lipinski definition) is 3. The molecule has 9 nitrogen and oxygen atoms in total. The number of amidine groups is 1. The maximum atomic E-state index is 12.1. The highest BCUT2D eigenvalue weighted by molar-refractivity contribution is 5.94. The molecule has 2 heterocycles. The Hall–Kier alpha value is -3.20. The quantitative estimate of drug-likeness (QED) is 0.319. The van der Waals surface area contributed by atoms with Crippen LogP contribution in [0, 0.1) is 11.3 Å².